The van der Waals surface area contributed by atoms with Crippen LogP contribution in [0.25, 0.3) is 10.9 Å². The van der Waals surface area contributed by atoms with Crippen LogP contribution < -0.4 is 0 Å². The lowest BCUT2D eigenvalue weighted by Gasteiger charge is -2.42. The Morgan fingerprint density at radius 1 is 0.897 bits per heavy atom. The molecule has 150 valence electrons. The number of Topliss-reactive ketones (excluding diaryl/α,β-unsaturated/α-hetero) is 2. The van der Waals surface area contributed by atoms with Gasteiger partial charge in [-0.2, -0.15) is 0 Å². The van der Waals surface area contributed by atoms with Crippen molar-refractivity contribution < 1.29 is 9.59 Å². The van der Waals surface area contributed by atoms with E-state index in [1.54, 1.807) is 0 Å². The average Bonchev–Trinajstić information content (AvgIpc) is 3.09. The van der Waals surface area contributed by atoms with E-state index in [9.17, 15) is 9.59 Å². The zero-order valence-electron chi connectivity index (χ0n) is 17.5. The van der Waals surface area contributed by atoms with Gasteiger partial charge in [0, 0.05) is 71.5 Å². The van der Waals surface area contributed by atoms with Gasteiger partial charge < -0.3 is 9.47 Å². The fourth-order valence-electron chi connectivity index (χ4n) is 5.55. The topological polar surface area (TPSA) is 42.3 Å². The Balaban J connectivity index is 1.83. The zero-order valence-corrected chi connectivity index (χ0v) is 17.5. The molecule has 1 aromatic carbocycles. The van der Waals surface area contributed by atoms with Crippen LogP contribution in [0.5, 0.6) is 0 Å². The molecule has 0 unspecified atom stereocenters. The van der Waals surface area contributed by atoms with Crippen LogP contribution in [0.15, 0.2) is 53.0 Å². The second-order valence-corrected chi connectivity index (χ2v) is 8.87. The molecule has 3 aliphatic rings. The number of hydrogen-bond acceptors (Lipinski definition) is 3. The SMILES string of the molecule is CC(C)n1cc(C2C3=C(CCCC3=O)N(C)C3=C2C(=O)CCC3)c2ccccc21. The number of benzene rings is 1. The molecule has 0 radical (unpaired) electrons. The standard InChI is InChI=1S/C25H28N2O2/c1-15(2)27-14-17(16-8-4-5-9-18(16)27)23-24-19(10-6-12-21(24)28)26(3)20-11-7-13-22(29)25(20)23/h4-5,8-9,14-15,23H,6-7,10-13H2,1-3H3. The van der Waals surface area contributed by atoms with Crippen LogP contribution in [0.4, 0.5) is 0 Å². The van der Waals surface area contributed by atoms with Crippen LogP contribution in [0.3, 0.4) is 0 Å². The highest BCUT2D eigenvalue weighted by molar-refractivity contribution is 6.07. The van der Waals surface area contributed by atoms with Crippen molar-refractivity contribution in [2.75, 3.05) is 7.05 Å². The lowest BCUT2D eigenvalue weighted by Crippen LogP contribution is -2.37. The molecule has 0 fully saturated rings. The van der Waals surface area contributed by atoms with E-state index in [0.29, 0.717) is 18.9 Å². The van der Waals surface area contributed by atoms with Gasteiger partial charge in [0.25, 0.3) is 0 Å². The molecule has 2 aromatic rings. The van der Waals surface area contributed by atoms with Crippen LogP contribution in [0, 0.1) is 0 Å². The minimum absolute atomic E-state index is 0.217. The van der Waals surface area contributed by atoms with Gasteiger partial charge in [-0.05, 0) is 51.2 Å². The first kappa shape index (κ1) is 18.4. The molecule has 0 atom stereocenters. The van der Waals surface area contributed by atoms with Crippen molar-refractivity contribution in [3.05, 3.63) is 58.6 Å². The third-order valence-electron chi connectivity index (χ3n) is 6.88. The third-order valence-corrected chi connectivity index (χ3v) is 6.88. The van der Waals surface area contributed by atoms with Gasteiger partial charge in [-0.1, -0.05) is 18.2 Å². The van der Waals surface area contributed by atoms with E-state index in [0.717, 1.165) is 59.2 Å². The number of ketones is 2. The van der Waals surface area contributed by atoms with Gasteiger partial charge in [0.15, 0.2) is 11.6 Å². The maximum Gasteiger partial charge on any atom is 0.161 e. The van der Waals surface area contributed by atoms with E-state index in [2.05, 4.69) is 60.8 Å². The summed E-state index contributed by atoms with van der Waals surface area (Å²) < 4.78 is 2.28. The van der Waals surface area contributed by atoms with Crippen molar-refractivity contribution in [1.29, 1.82) is 0 Å². The number of aromatic nitrogens is 1. The normalized spacial score (nSPS) is 20.8. The summed E-state index contributed by atoms with van der Waals surface area (Å²) >= 11 is 0. The summed E-state index contributed by atoms with van der Waals surface area (Å²) in [5.41, 5.74) is 6.32. The predicted octanol–water partition coefficient (Wildman–Crippen LogP) is 5.27. The number of carbonyl (C=O) groups excluding carboxylic acids is 2. The minimum Gasteiger partial charge on any atom is -0.351 e. The molecule has 0 spiro atoms. The Kier molecular flexibility index (Phi) is 4.27. The highest BCUT2D eigenvalue weighted by Crippen LogP contribution is 2.50. The average molecular weight is 389 g/mol. The lowest BCUT2D eigenvalue weighted by molar-refractivity contribution is -0.117. The fraction of sp³-hybridized carbons (Fsp3) is 0.440. The number of rotatable bonds is 2. The van der Waals surface area contributed by atoms with Gasteiger partial charge in [-0.25, -0.2) is 0 Å². The summed E-state index contributed by atoms with van der Waals surface area (Å²) in [6.45, 7) is 4.36. The van der Waals surface area contributed by atoms with E-state index in [1.165, 1.54) is 5.52 Å². The quantitative estimate of drug-likeness (QED) is 0.704. The molecule has 4 nitrogen and oxygen atoms in total. The summed E-state index contributed by atoms with van der Waals surface area (Å²) in [5, 5.41) is 1.16. The molecule has 1 aromatic heterocycles. The maximum absolute atomic E-state index is 13.2. The highest BCUT2D eigenvalue weighted by atomic mass is 16.1. The molecule has 0 saturated heterocycles. The number of carbonyl (C=O) groups is 2. The molecule has 1 aliphatic heterocycles. The molecule has 2 aliphatic carbocycles. The van der Waals surface area contributed by atoms with E-state index in [-0.39, 0.29) is 17.5 Å². The van der Waals surface area contributed by atoms with Gasteiger partial charge in [0.2, 0.25) is 0 Å². The number of hydrogen-bond donors (Lipinski definition) is 0. The van der Waals surface area contributed by atoms with Gasteiger partial charge in [-0.15, -0.1) is 0 Å². The van der Waals surface area contributed by atoms with E-state index < -0.39 is 0 Å². The van der Waals surface area contributed by atoms with E-state index in [4.69, 9.17) is 0 Å². The van der Waals surface area contributed by atoms with Crippen molar-refractivity contribution in [3.63, 3.8) is 0 Å². The molecule has 4 heteroatoms. The molecular weight excluding hydrogens is 360 g/mol. The second kappa shape index (κ2) is 6.72. The van der Waals surface area contributed by atoms with Crippen LogP contribution in [0.2, 0.25) is 0 Å². The first-order valence-corrected chi connectivity index (χ1v) is 10.8. The maximum atomic E-state index is 13.2. The monoisotopic (exact) mass is 388 g/mol. The molecule has 0 N–H and O–H groups in total. The first-order valence-electron chi connectivity index (χ1n) is 10.8. The second-order valence-electron chi connectivity index (χ2n) is 8.87. The molecule has 0 saturated carbocycles. The summed E-state index contributed by atoms with van der Waals surface area (Å²) in [6, 6.07) is 8.71. The molecular formula is C25H28N2O2. The summed E-state index contributed by atoms with van der Waals surface area (Å²) in [5.74, 6) is 0.213. The molecule has 29 heavy (non-hydrogen) atoms. The Hall–Kier alpha value is -2.62. The first-order chi connectivity index (χ1) is 14.0. The lowest BCUT2D eigenvalue weighted by atomic mass is 9.71. The van der Waals surface area contributed by atoms with Crippen molar-refractivity contribution in [1.82, 2.24) is 9.47 Å². The van der Waals surface area contributed by atoms with Crippen molar-refractivity contribution in [2.45, 2.75) is 64.3 Å². The Bertz CT molecular complexity index is 1060. The summed E-state index contributed by atoms with van der Waals surface area (Å²) in [7, 11) is 2.05. The number of fused-ring (bicyclic) bond motifs is 1. The smallest absolute Gasteiger partial charge is 0.161 e. The zero-order chi connectivity index (χ0) is 20.3. The summed E-state index contributed by atoms with van der Waals surface area (Å²) in [4.78, 5) is 28.6. The van der Waals surface area contributed by atoms with Crippen molar-refractivity contribution in [3.8, 4) is 0 Å². The third kappa shape index (κ3) is 2.65. The van der Waals surface area contributed by atoms with Crippen molar-refractivity contribution in [2.24, 2.45) is 0 Å². The molecule has 5 rings (SSSR count). The van der Waals surface area contributed by atoms with E-state index >= 15 is 0 Å². The van der Waals surface area contributed by atoms with E-state index in [1.807, 2.05) is 0 Å². The van der Waals surface area contributed by atoms with Gasteiger partial charge in [0.05, 0.1) is 0 Å². The minimum atomic E-state index is -0.221. The Morgan fingerprint density at radius 2 is 1.48 bits per heavy atom. The molecule has 0 bridgehead atoms. The van der Waals surface area contributed by atoms with Crippen LogP contribution >= 0.6 is 0 Å². The van der Waals surface area contributed by atoms with Gasteiger partial charge in [-0.3, -0.25) is 9.59 Å². The number of nitrogens with zero attached hydrogens (tertiary/aromatic N) is 2. The Labute approximate surface area is 171 Å². The molecule has 2 heterocycles. The number of para-hydroxylation sites is 1. The van der Waals surface area contributed by atoms with Gasteiger partial charge in [0.1, 0.15) is 0 Å². The van der Waals surface area contributed by atoms with Crippen LogP contribution in [-0.2, 0) is 9.59 Å². The Morgan fingerprint density at radius 3 is 2.07 bits per heavy atom. The predicted molar refractivity (Wildman–Crippen MR) is 115 cm³/mol. The largest absolute Gasteiger partial charge is 0.351 e. The molecule has 0 amide bonds. The fourth-order valence-corrected chi connectivity index (χ4v) is 5.55. The van der Waals surface area contributed by atoms with Crippen molar-refractivity contribution >= 4 is 22.5 Å². The van der Waals surface area contributed by atoms with Crippen LogP contribution in [0.1, 0.15) is 69.9 Å². The van der Waals surface area contributed by atoms with Crippen LogP contribution in [-0.4, -0.2) is 28.1 Å². The summed E-state index contributed by atoms with van der Waals surface area (Å²) in [6.07, 6.45) is 7.01. The van der Waals surface area contributed by atoms with Gasteiger partial charge >= 0.3 is 0 Å². The number of allylic oxidation sites excluding steroid dienone is 4. The highest BCUT2D eigenvalue weighted by Gasteiger charge is 2.43.